The summed E-state index contributed by atoms with van der Waals surface area (Å²) in [6, 6.07) is 5.70. The molecule has 1 aliphatic rings. The van der Waals surface area contributed by atoms with Gasteiger partial charge in [0, 0.05) is 5.92 Å². The monoisotopic (exact) mass is 425 g/mol. The van der Waals surface area contributed by atoms with Crippen molar-refractivity contribution in [3.63, 3.8) is 0 Å². The number of likely N-dealkylation sites (tertiary alicyclic amines) is 1. The highest BCUT2D eigenvalue weighted by atomic mass is 28.4. The molecule has 1 saturated heterocycles. The summed E-state index contributed by atoms with van der Waals surface area (Å²) < 4.78 is 25.4. The van der Waals surface area contributed by atoms with Gasteiger partial charge in [0.05, 0.1) is 25.3 Å². The number of carbonyl (C=O) groups excluding carboxylic acids is 1. The summed E-state index contributed by atoms with van der Waals surface area (Å²) in [5, 5.41) is 10.8. The quantitative estimate of drug-likeness (QED) is 0.696. The Morgan fingerprint density at radius 3 is 2.21 bits per heavy atom. The van der Waals surface area contributed by atoms with Crippen molar-refractivity contribution in [2.75, 3.05) is 13.2 Å². The first-order chi connectivity index (χ1) is 13.1. The average molecular weight is 426 g/mol. The van der Waals surface area contributed by atoms with E-state index in [-0.39, 0.29) is 29.4 Å². The van der Waals surface area contributed by atoms with Crippen LogP contribution >= 0.6 is 0 Å². The normalized spacial score (nSPS) is 23.4. The van der Waals surface area contributed by atoms with Gasteiger partial charge in [-0.15, -0.1) is 0 Å². The molecule has 5 nitrogen and oxygen atoms in total. The van der Waals surface area contributed by atoms with Crippen molar-refractivity contribution < 1.29 is 23.5 Å². The molecule has 1 fully saturated rings. The van der Waals surface area contributed by atoms with Crippen LogP contribution in [0.15, 0.2) is 24.3 Å². The first kappa shape index (κ1) is 23.8. The number of hydrogen-bond acceptors (Lipinski definition) is 4. The molecule has 164 valence electrons. The number of aliphatic hydroxyl groups excluding tert-OH is 1. The molecule has 2 rings (SSSR count). The smallest absolute Gasteiger partial charge is 0.410 e. The fourth-order valence-electron chi connectivity index (χ4n) is 3.26. The van der Waals surface area contributed by atoms with E-state index in [0.29, 0.717) is 6.61 Å². The maximum absolute atomic E-state index is 13.4. The number of benzene rings is 1. The van der Waals surface area contributed by atoms with Crippen molar-refractivity contribution >= 4 is 14.4 Å². The van der Waals surface area contributed by atoms with Crippen molar-refractivity contribution in [2.45, 2.75) is 83.3 Å². The molecule has 1 N–H and O–H groups in total. The van der Waals surface area contributed by atoms with Gasteiger partial charge in [-0.1, -0.05) is 32.9 Å². The van der Waals surface area contributed by atoms with E-state index in [2.05, 4.69) is 33.9 Å². The number of ether oxygens (including phenoxy) is 1. The van der Waals surface area contributed by atoms with Crippen LogP contribution in [0.5, 0.6) is 0 Å². The van der Waals surface area contributed by atoms with Crippen LogP contribution in [-0.2, 0) is 9.16 Å². The zero-order valence-electron chi connectivity index (χ0n) is 19.0. The highest BCUT2D eigenvalue weighted by Crippen LogP contribution is 2.39. The second-order valence-corrected chi connectivity index (χ2v) is 15.2. The Morgan fingerprint density at radius 2 is 1.72 bits per heavy atom. The average Bonchev–Trinajstić information content (AvgIpc) is 2.88. The van der Waals surface area contributed by atoms with E-state index in [4.69, 9.17) is 9.16 Å². The van der Waals surface area contributed by atoms with Gasteiger partial charge in [-0.05, 0) is 56.6 Å². The molecule has 0 spiro atoms. The van der Waals surface area contributed by atoms with Gasteiger partial charge < -0.3 is 14.3 Å². The molecular weight excluding hydrogens is 389 g/mol. The van der Waals surface area contributed by atoms with Gasteiger partial charge in [-0.3, -0.25) is 4.90 Å². The molecule has 3 atom stereocenters. The molecular formula is C22H36FNO4Si. The predicted molar refractivity (Wildman–Crippen MR) is 115 cm³/mol. The van der Waals surface area contributed by atoms with Gasteiger partial charge in [0.25, 0.3) is 0 Å². The standard InChI is InChI=1S/C22H36FNO4Si/c1-21(2,3)28-20(26)24-13-18(25)19(15-9-11-16(23)12-10-15)17(24)14-27-29(7,8)22(4,5)6/h9-12,17-19,25H,13-14H2,1-8H3/t17-,18-,19-/m0/s1. The summed E-state index contributed by atoms with van der Waals surface area (Å²) in [5.74, 6) is -0.702. The molecule has 29 heavy (non-hydrogen) atoms. The van der Waals surface area contributed by atoms with E-state index in [9.17, 15) is 14.3 Å². The third-order valence-corrected chi connectivity index (χ3v) is 10.4. The molecule has 1 heterocycles. The maximum Gasteiger partial charge on any atom is 0.410 e. The van der Waals surface area contributed by atoms with Crippen molar-refractivity contribution in [3.8, 4) is 0 Å². The number of rotatable bonds is 4. The van der Waals surface area contributed by atoms with E-state index >= 15 is 0 Å². The highest BCUT2D eigenvalue weighted by molar-refractivity contribution is 6.74. The number of β-amino-alcohol motifs (C(OH)–C–C–N with tert-alkyl or cyclic N) is 1. The fourth-order valence-corrected chi connectivity index (χ4v) is 4.28. The lowest BCUT2D eigenvalue weighted by molar-refractivity contribution is 0.0162. The molecule has 0 bridgehead atoms. The molecule has 0 aromatic heterocycles. The number of hydrogen-bond donors (Lipinski definition) is 1. The van der Waals surface area contributed by atoms with Crippen LogP contribution in [0.2, 0.25) is 18.1 Å². The molecule has 0 radical (unpaired) electrons. The SMILES string of the molecule is CC(C)(C)OC(=O)N1C[C@H](O)[C@@H](c2ccc(F)cc2)[C@@H]1CO[Si](C)(C)C(C)(C)C. The Hall–Kier alpha value is -1.44. The lowest BCUT2D eigenvalue weighted by atomic mass is 9.90. The summed E-state index contributed by atoms with van der Waals surface area (Å²) in [5.41, 5.74) is 0.148. The van der Waals surface area contributed by atoms with E-state index in [1.54, 1.807) is 17.0 Å². The van der Waals surface area contributed by atoms with Crippen LogP contribution in [0, 0.1) is 5.82 Å². The number of nitrogens with zero attached hydrogens (tertiary/aromatic N) is 1. The zero-order chi connectivity index (χ0) is 22.2. The van der Waals surface area contributed by atoms with Gasteiger partial charge >= 0.3 is 6.09 Å². The summed E-state index contributed by atoms with van der Waals surface area (Å²) >= 11 is 0. The Balaban J connectivity index is 2.33. The molecule has 1 amide bonds. The first-order valence-electron chi connectivity index (χ1n) is 10.2. The minimum Gasteiger partial charge on any atom is -0.444 e. The number of amides is 1. The summed E-state index contributed by atoms with van der Waals surface area (Å²) in [6.07, 6.45) is -1.24. The zero-order valence-corrected chi connectivity index (χ0v) is 20.0. The van der Waals surface area contributed by atoms with E-state index in [0.717, 1.165) is 5.56 Å². The first-order valence-corrected chi connectivity index (χ1v) is 13.1. The van der Waals surface area contributed by atoms with E-state index in [1.165, 1.54) is 12.1 Å². The lowest BCUT2D eigenvalue weighted by Gasteiger charge is -2.39. The molecule has 1 aromatic carbocycles. The molecule has 0 aliphatic carbocycles. The summed E-state index contributed by atoms with van der Waals surface area (Å²) in [6.45, 7) is 16.7. The third-order valence-electron chi connectivity index (χ3n) is 5.92. The number of carbonyl (C=O) groups is 1. The van der Waals surface area contributed by atoms with Gasteiger partial charge in [-0.25, -0.2) is 9.18 Å². The van der Waals surface area contributed by atoms with Crippen molar-refractivity contribution in [3.05, 3.63) is 35.6 Å². The largest absolute Gasteiger partial charge is 0.444 e. The van der Waals surface area contributed by atoms with Crippen LogP contribution in [0.4, 0.5) is 9.18 Å². The van der Waals surface area contributed by atoms with Gasteiger partial charge in [0.15, 0.2) is 8.32 Å². The molecule has 0 unspecified atom stereocenters. The summed E-state index contributed by atoms with van der Waals surface area (Å²) in [7, 11) is -2.07. The fraction of sp³-hybridized carbons (Fsp3) is 0.682. The van der Waals surface area contributed by atoms with Crippen LogP contribution in [0.1, 0.15) is 53.0 Å². The minimum absolute atomic E-state index is 0.0202. The number of aliphatic hydroxyl groups is 1. The van der Waals surface area contributed by atoms with Crippen LogP contribution in [-0.4, -0.2) is 55.3 Å². The summed E-state index contributed by atoms with van der Waals surface area (Å²) in [4.78, 5) is 14.4. The second kappa shape index (κ2) is 8.36. The number of halogens is 1. The van der Waals surface area contributed by atoms with Gasteiger partial charge in [0.2, 0.25) is 0 Å². The highest BCUT2D eigenvalue weighted by Gasteiger charge is 2.47. The van der Waals surface area contributed by atoms with Crippen molar-refractivity contribution in [2.24, 2.45) is 0 Å². The van der Waals surface area contributed by atoms with E-state index < -0.39 is 26.1 Å². The Bertz CT molecular complexity index is 709. The Labute approximate surface area is 175 Å². The molecule has 0 saturated carbocycles. The molecule has 1 aromatic rings. The maximum atomic E-state index is 13.4. The lowest BCUT2D eigenvalue weighted by Crippen LogP contribution is -2.48. The van der Waals surface area contributed by atoms with Crippen LogP contribution in [0.3, 0.4) is 0 Å². The Kier molecular flexibility index (Phi) is 6.87. The van der Waals surface area contributed by atoms with E-state index in [1.807, 2.05) is 20.8 Å². The third kappa shape index (κ3) is 5.80. The van der Waals surface area contributed by atoms with Crippen molar-refractivity contribution in [1.29, 1.82) is 0 Å². The second-order valence-electron chi connectivity index (χ2n) is 10.4. The minimum atomic E-state index is -2.07. The Morgan fingerprint density at radius 1 is 1.17 bits per heavy atom. The molecule has 7 heteroatoms. The van der Waals surface area contributed by atoms with Gasteiger partial charge in [0.1, 0.15) is 11.4 Å². The molecule has 1 aliphatic heterocycles. The van der Waals surface area contributed by atoms with Crippen LogP contribution in [0.25, 0.3) is 0 Å². The predicted octanol–water partition coefficient (Wildman–Crippen LogP) is 4.91. The van der Waals surface area contributed by atoms with Crippen molar-refractivity contribution in [1.82, 2.24) is 4.90 Å². The van der Waals surface area contributed by atoms with Crippen LogP contribution < -0.4 is 0 Å². The van der Waals surface area contributed by atoms with Gasteiger partial charge in [-0.2, -0.15) is 0 Å². The topological polar surface area (TPSA) is 59.0 Å².